The second kappa shape index (κ2) is 5.10. The fraction of sp³-hybridized carbons (Fsp3) is 0.625. The number of nitrogens with one attached hydrogen (secondary N) is 1. The summed E-state index contributed by atoms with van der Waals surface area (Å²) in [5.41, 5.74) is 1.35. The number of ether oxygens (including phenoxy) is 1. The molecule has 3 rings (SSSR count). The van der Waals surface area contributed by atoms with Crippen molar-refractivity contribution in [3.05, 3.63) is 28.2 Å². The van der Waals surface area contributed by atoms with Crippen molar-refractivity contribution in [2.75, 3.05) is 7.05 Å². The lowest BCUT2D eigenvalue weighted by atomic mass is 9.73. The molecule has 3 atom stereocenters. The van der Waals surface area contributed by atoms with Gasteiger partial charge in [0.1, 0.15) is 11.4 Å². The van der Waals surface area contributed by atoms with Crippen LogP contribution in [0.4, 0.5) is 0 Å². The molecule has 1 aliphatic carbocycles. The van der Waals surface area contributed by atoms with Crippen molar-refractivity contribution in [3.63, 3.8) is 0 Å². The first kappa shape index (κ1) is 13.4. The van der Waals surface area contributed by atoms with E-state index in [0.717, 1.165) is 22.6 Å². The molecular weight excluding hydrogens is 302 g/mol. The van der Waals surface area contributed by atoms with Crippen molar-refractivity contribution in [1.29, 1.82) is 0 Å². The summed E-state index contributed by atoms with van der Waals surface area (Å²) in [5, 5.41) is 3.47. The molecule has 0 amide bonds. The second-order valence-electron chi connectivity index (χ2n) is 6.21. The third-order valence-electron chi connectivity index (χ3n) is 4.65. The van der Waals surface area contributed by atoms with Gasteiger partial charge >= 0.3 is 0 Å². The highest BCUT2D eigenvalue weighted by Crippen LogP contribution is 2.47. The molecule has 3 heteroatoms. The van der Waals surface area contributed by atoms with Crippen molar-refractivity contribution in [3.8, 4) is 5.75 Å². The molecule has 1 N–H and O–H groups in total. The molecule has 0 radical (unpaired) electrons. The van der Waals surface area contributed by atoms with Gasteiger partial charge in [-0.05, 0) is 50.4 Å². The molecule has 1 aromatic carbocycles. The zero-order valence-electron chi connectivity index (χ0n) is 11.7. The average molecular weight is 324 g/mol. The Bertz CT molecular complexity index is 476. The van der Waals surface area contributed by atoms with Crippen molar-refractivity contribution in [2.45, 2.75) is 50.7 Å². The Morgan fingerprint density at radius 3 is 2.95 bits per heavy atom. The molecule has 1 fully saturated rings. The molecule has 1 spiro atoms. The normalized spacial score (nSPS) is 33.8. The summed E-state index contributed by atoms with van der Waals surface area (Å²) < 4.78 is 7.58. The number of halogens is 1. The third-order valence-corrected chi connectivity index (χ3v) is 5.14. The van der Waals surface area contributed by atoms with Crippen LogP contribution in [0, 0.1) is 5.92 Å². The van der Waals surface area contributed by atoms with Crippen LogP contribution in [-0.4, -0.2) is 12.6 Å². The van der Waals surface area contributed by atoms with Crippen LogP contribution in [-0.2, 0) is 0 Å². The highest BCUT2D eigenvalue weighted by molar-refractivity contribution is 9.10. The minimum Gasteiger partial charge on any atom is -0.487 e. The molecule has 3 unspecified atom stereocenters. The molecule has 1 saturated carbocycles. The van der Waals surface area contributed by atoms with Gasteiger partial charge in [0, 0.05) is 22.5 Å². The molecule has 0 saturated heterocycles. The molecule has 0 bridgehead atoms. The Morgan fingerprint density at radius 2 is 2.21 bits per heavy atom. The molecule has 104 valence electrons. The Hall–Kier alpha value is -0.540. The monoisotopic (exact) mass is 323 g/mol. The van der Waals surface area contributed by atoms with Crippen LogP contribution in [0.25, 0.3) is 0 Å². The highest BCUT2D eigenvalue weighted by Gasteiger charge is 2.43. The number of rotatable bonds is 1. The molecule has 1 heterocycles. The van der Waals surface area contributed by atoms with Crippen LogP contribution in [0.2, 0.25) is 0 Å². The molecule has 0 aromatic heterocycles. The van der Waals surface area contributed by atoms with Gasteiger partial charge in [-0.25, -0.2) is 0 Å². The van der Waals surface area contributed by atoms with E-state index >= 15 is 0 Å². The summed E-state index contributed by atoms with van der Waals surface area (Å²) in [6.45, 7) is 2.36. The molecule has 1 aromatic rings. The summed E-state index contributed by atoms with van der Waals surface area (Å²) in [7, 11) is 2.06. The summed E-state index contributed by atoms with van der Waals surface area (Å²) in [6.07, 6.45) is 6.13. The first-order valence-electron chi connectivity index (χ1n) is 7.28. The summed E-state index contributed by atoms with van der Waals surface area (Å²) >= 11 is 3.56. The molecular formula is C16H22BrNO. The maximum Gasteiger partial charge on any atom is 0.125 e. The first-order valence-corrected chi connectivity index (χ1v) is 8.07. The zero-order valence-corrected chi connectivity index (χ0v) is 13.3. The minimum absolute atomic E-state index is 0.0617. The molecule has 2 aliphatic rings. The Labute approximate surface area is 124 Å². The van der Waals surface area contributed by atoms with Gasteiger partial charge in [-0.1, -0.05) is 29.3 Å². The lowest BCUT2D eigenvalue weighted by Gasteiger charge is -2.46. The standard InChI is InChI=1S/C16H22BrNO/c1-11-4-3-7-16(9-11)10-14(18-2)13-8-12(17)5-6-15(13)19-16/h5-6,8,11,14,18H,3-4,7,9-10H2,1-2H3. The minimum atomic E-state index is 0.0617. The number of hydrogen-bond acceptors (Lipinski definition) is 2. The van der Waals surface area contributed by atoms with Gasteiger partial charge in [-0.2, -0.15) is 0 Å². The van der Waals surface area contributed by atoms with Gasteiger partial charge in [-0.3, -0.25) is 0 Å². The summed E-state index contributed by atoms with van der Waals surface area (Å²) in [4.78, 5) is 0. The third kappa shape index (κ3) is 2.55. The molecule has 1 aliphatic heterocycles. The molecule has 2 nitrogen and oxygen atoms in total. The Balaban J connectivity index is 1.95. The SMILES string of the molecule is CNC1CC2(CCCC(C)C2)Oc2ccc(Br)cc21. The van der Waals surface area contributed by atoms with Gasteiger partial charge < -0.3 is 10.1 Å². The van der Waals surface area contributed by atoms with Crippen LogP contribution in [0.5, 0.6) is 5.75 Å². The predicted molar refractivity (Wildman–Crippen MR) is 81.6 cm³/mol. The predicted octanol–water partition coefficient (Wildman–Crippen LogP) is 4.44. The lowest BCUT2D eigenvalue weighted by molar-refractivity contribution is -0.0173. The van der Waals surface area contributed by atoms with Crippen molar-refractivity contribution in [2.24, 2.45) is 5.92 Å². The van der Waals surface area contributed by atoms with E-state index < -0.39 is 0 Å². The van der Waals surface area contributed by atoms with Crippen molar-refractivity contribution < 1.29 is 4.74 Å². The highest BCUT2D eigenvalue weighted by atomic mass is 79.9. The van der Waals surface area contributed by atoms with Gasteiger partial charge in [0.15, 0.2) is 0 Å². The number of benzene rings is 1. The fourth-order valence-electron chi connectivity index (χ4n) is 3.79. The van der Waals surface area contributed by atoms with Gasteiger partial charge in [-0.15, -0.1) is 0 Å². The van der Waals surface area contributed by atoms with Crippen LogP contribution in [0.3, 0.4) is 0 Å². The number of fused-ring (bicyclic) bond motifs is 1. The Morgan fingerprint density at radius 1 is 1.37 bits per heavy atom. The first-order chi connectivity index (χ1) is 9.12. The van der Waals surface area contributed by atoms with Crippen LogP contribution >= 0.6 is 15.9 Å². The van der Waals surface area contributed by atoms with E-state index in [1.54, 1.807) is 0 Å². The lowest BCUT2D eigenvalue weighted by Crippen LogP contribution is -2.46. The maximum absolute atomic E-state index is 6.46. The van der Waals surface area contributed by atoms with Gasteiger partial charge in [0.25, 0.3) is 0 Å². The fourth-order valence-corrected chi connectivity index (χ4v) is 4.17. The van der Waals surface area contributed by atoms with Gasteiger partial charge in [0.05, 0.1) is 0 Å². The van der Waals surface area contributed by atoms with Crippen molar-refractivity contribution >= 4 is 15.9 Å². The zero-order chi connectivity index (χ0) is 13.5. The van der Waals surface area contributed by atoms with E-state index in [9.17, 15) is 0 Å². The van der Waals surface area contributed by atoms with Crippen molar-refractivity contribution in [1.82, 2.24) is 5.32 Å². The topological polar surface area (TPSA) is 21.3 Å². The van der Waals surface area contributed by atoms with E-state index in [1.807, 2.05) is 0 Å². The quantitative estimate of drug-likeness (QED) is 0.824. The van der Waals surface area contributed by atoms with E-state index in [0.29, 0.717) is 6.04 Å². The number of hydrogen-bond donors (Lipinski definition) is 1. The largest absolute Gasteiger partial charge is 0.487 e. The Kier molecular flexibility index (Phi) is 3.61. The van der Waals surface area contributed by atoms with E-state index in [-0.39, 0.29) is 5.60 Å². The smallest absolute Gasteiger partial charge is 0.125 e. The van der Waals surface area contributed by atoms with Crippen LogP contribution in [0.1, 0.15) is 50.6 Å². The van der Waals surface area contributed by atoms with E-state index in [1.165, 1.54) is 31.2 Å². The van der Waals surface area contributed by atoms with Gasteiger partial charge in [0.2, 0.25) is 0 Å². The van der Waals surface area contributed by atoms with Crippen LogP contribution in [0.15, 0.2) is 22.7 Å². The van der Waals surface area contributed by atoms with E-state index in [2.05, 4.69) is 53.4 Å². The summed E-state index contributed by atoms with van der Waals surface area (Å²) in [5.74, 6) is 1.85. The second-order valence-corrected chi connectivity index (χ2v) is 7.13. The van der Waals surface area contributed by atoms with E-state index in [4.69, 9.17) is 4.74 Å². The molecule has 19 heavy (non-hydrogen) atoms. The van der Waals surface area contributed by atoms with Crippen LogP contribution < -0.4 is 10.1 Å². The maximum atomic E-state index is 6.46. The average Bonchev–Trinajstić information content (AvgIpc) is 2.38. The summed E-state index contributed by atoms with van der Waals surface area (Å²) in [6, 6.07) is 6.79.